The molecule has 1 aromatic carbocycles. The first-order valence-electron chi connectivity index (χ1n) is 8.70. The molecular formula is C19H26N2O3. The Balaban J connectivity index is 1.68. The Morgan fingerprint density at radius 3 is 2.50 bits per heavy atom. The van der Waals surface area contributed by atoms with Crippen molar-refractivity contribution in [2.75, 3.05) is 32.8 Å². The molecule has 1 fully saturated rings. The van der Waals surface area contributed by atoms with E-state index in [2.05, 4.69) is 0 Å². The van der Waals surface area contributed by atoms with E-state index in [1.807, 2.05) is 48.8 Å². The van der Waals surface area contributed by atoms with Gasteiger partial charge in [-0.2, -0.15) is 0 Å². The van der Waals surface area contributed by atoms with Crippen LogP contribution in [0.25, 0.3) is 0 Å². The van der Waals surface area contributed by atoms with Crippen LogP contribution in [-0.4, -0.2) is 54.4 Å². The zero-order valence-electron chi connectivity index (χ0n) is 14.8. The lowest BCUT2D eigenvalue weighted by atomic mass is 9.94. The minimum Gasteiger partial charge on any atom is -0.493 e. The van der Waals surface area contributed by atoms with E-state index in [4.69, 9.17) is 4.74 Å². The molecule has 5 heteroatoms. The smallest absolute Gasteiger partial charge is 0.253 e. The number of hydrogen-bond acceptors (Lipinski definition) is 3. The zero-order valence-corrected chi connectivity index (χ0v) is 14.8. The van der Waals surface area contributed by atoms with Crippen LogP contribution in [0.1, 0.15) is 43.1 Å². The topological polar surface area (TPSA) is 49.9 Å². The van der Waals surface area contributed by atoms with Crippen molar-refractivity contribution in [2.24, 2.45) is 5.41 Å². The third kappa shape index (κ3) is 3.40. The molecule has 1 aromatic rings. The molecule has 0 aromatic heterocycles. The van der Waals surface area contributed by atoms with Crippen molar-refractivity contribution >= 4 is 11.8 Å². The molecule has 2 aliphatic heterocycles. The van der Waals surface area contributed by atoms with Crippen molar-refractivity contribution in [3.8, 4) is 5.75 Å². The summed E-state index contributed by atoms with van der Waals surface area (Å²) in [6.07, 6.45) is 1.69. The number of fused-ring (bicyclic) bond motifs is 1. The third-order valence-corrected chi connectivity index (χ3v) is 4.65. The van der Waals surface area contributed by atoms with Gasteiger partial charge in [-0.15, -0.1) is 0 Å². The van der Waals surface area contributed by atoms with Crippen molar-refractivity contribution in [3.05, 3.63) is 29.3 Å². The van der Waals surface area contributed by atoms with Crippen molar-refractivity contribution in [1.82, 2.24) is 9.80 Å². The molecule has 1 saturated heterocycles. The lowest BCUT2D eigenvalue weighted by molar-refractivity contribution is -0.139. The van der Waals surface area contributed by atoms with E-state index in [9.17, 15) is 9.59 Å². The maximum atomic E-state index is 12.8. The molecule has 5 nitrogen and oxygen atoms in total. The second-order valence-corrected chi connectivity index (χ2v) is 7.61. The summed E-state index contributed by atoms with van der Waals surface area (Å²) < 4.78 is 5.50. The Morgan fingerprint density at radius 1 is 1.04 bits per heavy atom. The van der Waals surface area contributed by atoms with Crippen LogP contribution in [0.2, 0.25) is 0 Å². The lowest BCUT2D eigenvalue weighted by Crippen LogP contribution is -2.42. The number of amides is 2. The fourth-order valence-corrected chi connectivity index (χ4v) is 3.30. The standard InChI is InChI=1S/C19H26N2O3/c1-19(2,3)18(23)21-9-4-8-20(10-11-21)17(22)15-5-6-16-14(13-15)7-12-24-16/h5-6,13H,4,7-12H2,1-3H3. The van der Waals surface area contributed by atoms with Gasteiger partial charge in [0.15, 0.2) is 0 Å². The second-order valence-electron chi connectivity index (χ2n) is 7.61. The summed E-state index contributed by atoms with van der Waals surface area (Å²) in [5, 5.41) is 0. The molecule has 0 N–H and O–H groups in total. The van der Waals surface area contributed by atoms with Crippen molar-refractivity contribution in [1.29, 1.82) is 0 Å². The first-order valence-corrected chi connectivity index (χ1v) is 8.70. The van der Waals surface area contributed by atoms with E-state index in [-0.39, 0.29) is 17.2 Å². The first-order chi connectivity index (χ1) is 11.4. The molecule has 0 spiro atoms. The number of carbonyl (C=O) groups excluding carboxylic acids is 2. The fraction of sp³-hybridized carbons (Fsp3) is 0.579. The number of hydrogen-bond donors (Lipinski definition) is 0. The Labute approximate surface area is 143 Å². The molecule has 0 aliphatic carbocycles. The second kappa shape index (κ2) is 6.46. The van der Waals surface area contributed by atoms with Gasteiger partial charge in [-0.05, 0) is 30.2 Å². The van der Waals surface area contributed by atoms with E-state index in [1.54, 1.807) is 0 Å². The molecule has 3 rings (SSSR count). The van der Waals surface area contributed by atoms with Crippen LogP contribution in [0.5, 0.6) is 5.75 Å². The molecule has 0 unspecified atom stereocenters. The minimum absolute atomic E-state index is 0.0507. The highest BCUT2D eigenvalue weighted by Gasteiger charge is 2.29. The van der Waals surface area contributed by atoms with E-state index in [0.717, 1.165) is 36.3 Å². The van der Waals surface area contributed by atoms with Gasteiger partial charge in [-0.1, -0.05) is 20.8 Å². The van der Waals surface area contributed by atoms with Gasteiger partial charge in [0.25, 0.3) is 5.91 Å². The van der Waals surface area contributed by atoms with Crippen LogP contribution in [-0.2, 0) is 11.2 Å². The highest BCUT2D eigenvalue weighted by atomic mass is 16.5. The van der Waals surface area contributed by atoms with E-state index < -0.39 is 0 Å². The maximum Gasteiger partial charge on any atom is 0.253 e. The molecule has 0 bridgehead atoms. The molecule has 0 radical (unpaired) electrons. The van der Waals surface area contributed by atoms with Crippen LogP contribution < -0.4 is 4.74 Å². The predicted molar refractivity (Wildman–Crippen MR) is 92.2 cm³/mol. The average Bonchev–Trinajstić information content (AvgIpc) is 2.87. The summed E-state index contributed by atoms with van der Waals surface area (Å²) in [5.41, 5.74) is 1.45. The highest BCUT2D eigenvalue weighted by molar-refractivity contribution is 5.94. The van der Waals surface area contributed by atoms with Crippen LogP contribution in [0.3, 0.4) is 0 Å². The largest absolute Gasteiger partial charge is 0.493 e. The number of rotatable bonds is 1. The van der Waals surface area contributed by atoms with Crippen LogP contribution in [0.4, 0.5) is 0 Å². The Kier molecular flexibility index (Phi) is 4.52. The first kappa shape index (κ1) is 16.8. The molecule has 0 atom stereocenters. The number of benzene rings is 1. The van der Waals surface area contributed by atoms with E-state index in [1.165, 1.54) is 0 Å². The van der Waals surface area contributed by atoms with Crippen LogP contribution in [0.15, 0.2) is 18.2 Å². The summed E-state index contributed by atoms with van der Waals surface area (Å²) in [6, 6.07) is 5.69. The van der Waals surface area contributed by atoms with Crippen molar-refractivity contribution in [3.63, 3.8) is 0 Å². The van der Waals surface area contributed by atoms with Crippen LogP contribution >= 0.6 is 0 Å². The molecule has 2 amide bonds. The van der Waals surface area contributed by atoms with Gasteiger partial charge in [0.2, 0.25) is 5.91 Å². The molecule has 0 saturated carbocycles. The van der Waals surface area contributed by atoms with Gasteiger partial charge >= 0.3 is 0 Å². The van der Waals surface area contributed by atoms with E-state index in [0.29, 0.717) is 26.2 Å². The highest BCUT2D eigenvalue weighted by Crippen LogP contribution is 2.26. The molecule has 2 aliphatic rings. The molecule has 130 valence electrons. The molecule has 24 heavy (non-hydrogen) atoms. The average molecular weight is 330 g/mol. The lowest BCUT2D eigenvalue weighted by Gasteiger charge is -2.28. The van der Waals surface area contributed by atoms with Gasteiger partial charge in [0.1, 0.15) is 5.75 Å². The number of ether oxygens (including phenoxy) is 1. The molecular weight excluding hydrogens is 304 g/mol. The van der Waals surface area contributed by atoms with Gasteiger partial charge < -0.3 is 14.5 Å². The minimum atomic E-state index is -0.376. The number of carbonyl (C=O) groups is 2. The van der Waals surface area contributed by atoms with Crippen molar-refractivity contribution in [2.45, 2.75) is 33.6 Å². The predicted octanol–water partition coefficient (Wildman–Crippen LogP) is 2.34. The third-order valence-electron chi connectivity index (χ3n) is 4.65. The van der Waals surface area contributed by atoms with E-state index >= 15 is 0 Å². The van der Waals surface area contributed by atoms with Gasteiger partial charge in [0.05, 0.1) is 6.61 Å². The molecule has 2 heterocycles. The summed E-state index contributed by atoms with van der Waals surface area (Å²) in [4.78, 5) is 29.0. The Bertz CT molecular complexity index is 649. The monoisotopic (exact) mass is 330 g/mol. The normalized spacial score (nSPS) is 18.0. The SMILES string of the molecule is CC(C)(C)C(=O)N1CCCN(C(=O)c2ccc3c(c2)CCO3)CC1. The Morgan fingerprint density at radius 2 is 1.75 bits per heavy atom. The summed E-state index contributed by atoms with van der Waals surface area (Å²) in [5.74, 6) is 1.10. The van der Waals surface area contributed by atoms with Gasteiger partial charge in [-0.25, -0.2) is 0 Å². The zero-order chi connectivity index (χ0) is 17.3. The number of nitrogens with zero attached hydrogens (tertiary/aromatic N) is 2. The van der Waals surface area contributed by atoms with Gasteiger partial charge in [0, 0.05) is 43.6 Å². The summed E-state index contributed by atoms with van der Waals surface area (Å²) in [7, 11) is 0. The van der Waals surface area contributed by atoms with Crippen LogP contribution in [0, 0.1) is 5.41 Å². The quantitative estimate of drug-likeness (QED) is 0.794. The van der Waals surface area contributed by atoms with Gasteiger partial charge in [-0.3, -0.25) is 9.59 Å². The van der Waals surface area contributed by atoms with Crippen molar-refractivity contribution < 1.29 is 14.3 Å². The Hall–Kier alpha value is -2.04. The fourth-order valence-electron chi connectivity index (χ4n) is 3.30. The maximum absolute atomic E-state index is 12.8. The summed E-state index contributed by atoms with van der Waals surface area (Å²) >= 11 is 0. The summed E-state index contributed by atoms with van der Waals surface area (Å²) in [6.45, 7) is 9.13.